The van der Waals surface area contributed by atoms with Crippen LogP contribution >= 0.6 is 0 Å². The molecule has 1 aromatic heterocycles. The lowest BCUT2D eigenvalue weighted by Gasteiger charge is -2.11. The number of hydrogen-bond donors (Lipinski definition) is 2. The molecule has 0 aliphatic carbocycles. The Labute approximate surface area is 93.4 Å². The Balaban J connectivity index is 1.71. The van der Waals surface area contributed by atoms with Crippen LogP contribution in [0.15, 0.2) is 18.3 Å². The summed E-state index contributed by atoms with van der Waals surface area (Å²) >= 11 is 0. The van der Waals surface area contributed by atoms with Gasteiger partial charge in [-0.05, 0) is 18.6 Å². The monoisotopic (exact) mass is 222 g/mol. The van der Waals surface area contributed by atoms with Crippen molar-refractivity contribution in [3.63, 3.8) is 0 Å². The molecule has 2 rings (SSSR count). The Bertz CT molecular complexity index is 338. The molecule has 1 aliphatic rings. The number of carbonyl (C=O) groups is 1. The van der Waals surface area contributed by atoms with E-state index in [1.54, 1.807) is 12.3 Å². The van der Waals surface area contributed by atoms with Gasteiger partial charge in [0.1, 0.15) is 0 Å². The van der Waals surface area contributed by atoms with Crippen molar-refractivity contribution in [3.8, 4) is 0 Å². The van der Waals surface area contributed by atoms with Gasteiger partial charge >= 0.3 is 6.03 Å². The van der Waals surface area contributed by atoms with Gasteiger partial charge in [0.25, 0.3) is 0 Å². The van der Waals surface area contributed by atoms with Crippen LogP contribution in [0.1, 0.15) is 12.1 Å². The molecule has 0 radical (unpaired) electrons. The fourth-order valence-electron chi connectivity index (χ4n) is 1.48. The van der Waals surface area contributed by atoms with Gasteiger partial charge < -0.3 is 15.4 Å². The molecule has 0 spiro atoms. The first-order chi connectivity index (χ1) is 7.84. The summed E-state index contributed by atoms with van der Waals surface area (Å²) in [4.78, 5) is 11.4. The third kappa shape index (κ3) is 3.16. The first-order valence-electron chi connectivity index (χ1n) is 5.23. The molecule has 6 nitrogen and oxygen atoms in total. The average molecular weight is 222 g/mol. The lowest BCUT2D eigenvalue weighted by molar-refractivity contribution is 0.188. The lowest BCUT2D eigenvalue weighted by atomic mass is 10.3. The number of urea groups is 1. The molecule has 2 N–H and O–H groups in total. The lowest BCUT2D eigenvalue weighted by Crippen LogP contribution is -2.42. The molecule has 2 amide bonds. The Hall–Kier alpha value is -1.69. The second kappa shape index (κ2) is 5.41. The van der Waals surface area contributed by atoms with Crippen molar-refractivity contribution >= 4 is 6.03 Å². The molecule has 1 fully saturated rings. The van der Waals surface area contributed by atoms with Gasteiger partial charge in [0.05, 0.1) is 24.9 Å². The van der Waals surface area contributed by atoms with E-state index >= 15 is 0 Å². The van der Waals surface area contributed by atoms with Gasteiger partial charge in [-0.2, -0.15) is 10.2 Å². The summed E-state index contributed by atoms with van der Waals surface area (Å²) in [6, 6.07) is 3.53. The van der Waals surface area contributed by atoms with Crippen LogP contribution in [0.3, 0.4) is 0 Å². The van der Waals surface area contributed by atoms with Gasteiger partial charge in [0, 0.05) is 12.8 Å². The van der Waals surface area contributed by atoms with Crippen molar-refractivity contribution in [2.24, 2.45) is 0 Å². The number of amides is 2. The first kappa shape index (κ1) is 10.8. The van der Waals surface area contributed by atoms with Gasteiger partial charge in [-0.15, -0.1) is 0 Å². The molecule has 0 aromatic carbocycles. The third-order valence-electron chi connectivity index (χ3n) is 2.32. The van der Waals surface area contributed by atoms with Crippen LogP contribution in [0.25, 0.3) is 0 Å². The highest BCUT2D eigenvalue weighted by Crippen LogP contribution is 2.02. The van der Waals surface area contributed by atoms with Crippen molar-refractivity contribution in [2.45, 2.75) is 19.0 Å². The molecular weight excluding hydrogens is 208 g/mol. The fraction of sp³-hybridized carbons (Fsp3) is 0.500. The highest BCUT2D eigenvalue weighted by molar-refractivity contribution is 5.74. The molecule has 2 heterocycles. The molecule has 0 bridgehead atoms. The average Bonchev–Trinajstić information content (AvgIpc) is 2.81. The van der Waals surface area contributed by atoms with E-state index in [-0.39, 0.29) is 12.1 Å². The van der Waals surface area contributed by atoms with E-state index in [1.807, 2.05) is 6.07 Å². The summed E-state index contributed by atoms with van der Waals surface area (Å²) < 4.78 is 5.16. The highest BCUT2D eigenvalue weighted by atomic mass is 16.5. The van der Waals surface area contributed by atoms with Crippen LogP contribution in [0.2, 0.25) is 0 Å². The molecule has 1 saturated heterocycles. The number of rotatable bonds is 3. The molecule has 6 heteroatoms. The van der Waals surface area contributed by atoms with Crippen LogP contribution in [0.5, 0.6) is 0 Å². The number of hydrogen-bond acceptors (Lipinski definition) is 4. The van der Waals surface area contributed by atoms with E-state index in [0.29, 0.717) is 13.2 Å². The summed E-state index contributed by atoms with van der Waals surface area (Å²) in [5.74, 6) is 0. The zero-order chi connectivity index (χ0) is 11.2. The summed E-state index contributed by atoms with van der Waals surface area (Å²) in [6.45, 7) is 1.70. The molecule has 16 heavy (non-hydrogen) atoms. The number of nitrogens with zero attached hydrogens (tertiary/aromatic N) is 2. The van der Waals surface area contributed by atoms with E-state index in [0.717, 1.165) is 18.7 Å². The van der Waals surface area contributed by atoms with Gasteiger partial charge in [-0.3, -0.25) is 0 Å². The van der Waals surface area contributed by atoms with Crippen LogP contribution < -0.4 is 10.6 Å². The van der Waals surface area contributed by atoms with Crippen molar-refractivity contribution in [1.29, 1.82) is 0 Å². The summed E-state index contributed by atoms with van der Waals surface area (Å²) in [5, 5.41) is 13.1. The maximum atomic E-state index is 11.4. The molecule has 1 aliphatic heterocycles. The van der Waals surface area contributed by atoms with Crippen LogP contribution in [-0.4, -0.2) is 35.5 Å². The molecular formula is C10H14N4O2. The zero-order valence-electron chi connectivity index (χ0n) is 8.85. The smallest absolute Gasteiger partial charge is 0.315 e. The number of carbonyl (C=O) groups excluding carboxylic acids is 1. The molecule has 0 saturated carbocycles. The first-order valence-corrected chi connectivity index (χ1v) is 5.23. The second-order valence-electron chi connectivity index (χ2n) is 3.60. The molecule has 1 unspecified atom stereocenters. The maximum Gasteiger partial charge on any atom is 0.315 e. The molecule has 1 atom stereocenters. The SMILES string of the molecule is O=C(NCc1cccnn1)NC1CCOC1. The van der Waals surface area contributed by atoms with Crippen LogP contribution in [0, 0.1) is 0 Å². The van der Waals surface area contributed by atoms with E-state index in [1.165, 1.54) is 0 Å². The van der Waals surface area contributed by atoms with Crippen LogP contribution in [0.4, 0.5) is 4.79 Å². The third-order valence-corrected chi connectivity index (χ3v) is 2.32. The summed E-state index contributed by atoms with van der Waals surface area (Å²) in [6.07, 6.45) is 2.47. The van der Waals surface area contributed by atoms with Crippen molar-refractivity contribution < 1.29 is 9.53 Å². The number of nitrogens with one attached hydrogen (secondary N) is 2. The van der Waals surface area contributed by atoms with Gasteiger partial charge in [0.2, 0.25) is 0 Å². The van der Waals surface area contributed by atoms with Crippen molar-refractivity contribution in [3.05, 3.63) is 24.0 Å². The summed E-state index contributed by atoms with van der Waals surface area (Å²) in [5.41, 5.74) is 0.736. The largest absolute Gasteiger partial charge is 0.379 e. The molecule has 1 aromatic rings. The Morgan fingerprint density at radius 3 is 3.25 bits per heavy atom. The second-order valence-corrected chi connectivity index (χ2v) is 3.60. The van der Waals surface area contributed by atoms with Crippen molar-refractivity contribution in [2.75, 3.05) is 13.2 Å². The van der Waals surface area contributed by atoms with E-state index in [4.69, 9.17) is 4.74 Å². The minimum atomic E-state index is -0.193. The Kier molecular flexibility index (Phi) is 3.66. The zero-order valence-corrected chi connectivity index (χ0v) is 8.85. The fourth-order valence-corrected chi connectivity index (χ4v) is 1.48. The van der Waals surface area contributed by atoms with Gasteiger partial charge in [-0.1, -0.05) is 0 Å². The highest BCUT2D eigenvalue weighted by Gasteiger charge is 2.17. The topological polar surface area (TPSA) is 76.1 Å². The van der Waals surface area contributed by atoms with E-state index < -0.39 is 0 Å². The summed E-state index contributed by atoms with van der Waals surface area (Å²) in [7, 11) is 0. The van der Waals surface area contributed by atoms with Crippen LogP contribution in [-0.2, 0) is 11.3 Å². The van der Waals surface area contributed by atoms with Gasteiger partial charge in [-0.25, -0.2) is 4.79 Å². The predicted molar refractivity (Wildman–Crippen MR) is 56.6 cm³/mol. The Morgan fingerprint density at radius 1 is 1.62 bits per heavy atom. The standard InChI is InChI=1S/C10H14N4O2/c15-10(13-9-3-5-16-7-9)11-6-8-2-1-4-12-14-8/h1-2,4,9H,3,5-7H2,(H2,11,13,15). The molecule has 86 valence electrons. The van der Waals surface area contributed by atoms with E-state index in [2.05, 4.69) is 20.8 Å². The normalized spacial score (nSPS) is 19.4. The minimum Gasteiger partial charge on any atom is -0.379 e. The predicted octanol–water partition coefficient (Wildman–Crippen LogP) is 0.0647. The minimum absolute atomic E-state index is 0.127. The Morgan fingerprint density at radius 2 is 2.56 bits per heavy atom. The van der Waals surface area contributed by atoms with E-state index in [9.17, 15) is 4.79 Å². The quantitative estimate of drug-likeness (QED) is 0.758. The van der Waals surface area contributed by atoms with Crippen molar-refractivity contribution in [1.82, 2.24) is 20.8 Å². The number of ether oxygens (including phenoxy) is 1. The maximum absolute atomic E-state index is 11.4. The van der Waals surface area contributed by atoms with Gasteiger partial charge in [0.15, 0.2) is 0 Å². The number of aromatic nitrogens is 2.